The molecule has 7 atom stereocenters. The number of rotatable bonds is 6. The lowest BCUT2D eigenvalue weighted by molar-refractivity contribution is -0.301. The van der Waals surface area contributed by atoms with E-state index in [4.69, 9.17) is 19.7 Å². The van der Waals surface area contributed by atoms with Gasteiger partial charge in [0.1, 0.15) is 36.6 Å². The molecule has 1 aliphatic rings. The molecule has 7 unspecified atom stereocenters. The number of ether oxygens (including phenoxy) is 2. The second-order valence-electron chi connectivity index (χ2n) is 5.09. The first-order valence-electron chi connectivity index (χ1n) is 7.32. The zero-order valence-corrected chi connectivity index (χ0v) is 12.9. The maximum atomic E-state index is 9.75. The molecule has 0 saturated carbocycles. The van der Waals surface area contributed by atoms with E-state index in [1.807, 2.05) is 0 Å². The average molecular weight is 342 g/mol. The fraction of sp³-hybridized carbons (Fsp3) is 0.625. The number of aliphatic hydroxyl groups is 6. The summed E-state index contributed by atoms with van der Waals surface area (Å²) in [7, 11) is 0. The van der Waals surface area contributed by atoms with Gasteiger partial charge < -0.3 is 40.1 Å². The maximum absolute atomic E-state index is 9.75. The van der Waals surface area contributed by atoms with E-state index < -0.39 is 49.5 Å². The Labute approximate surface area is 140 Å². The van der Waals surface area contributed by atoms with Crippen LogP contribution in [0.1, 0.15) is 6.42 Å². The van der Waals surface area contributed by atoms with Crippen LogP contribution in [0.2, 0.25) is 0 Å². The Morgan fingerprint density at radius 2 is 1.75 bits per heavy atom. The summed E-state index contributed by atoms with van der Waals surface area (Å²) in [6, 6.07) is 0. The van der Waals surface area contributed by atoms with Gasteiger partial charge in [0.05, 0.1) is 13.2 Å². The first-order valence-corrected chi connectivity index (χ1v) is 7.32. The zero-order chi connectivity index (χ0) is 18.1. The van der Waals surface area contributed by atoms with Crippen molar-refractivity contribution in [1.82, 2.24) is 0 Å². The highest BCUT2D eigenvalue weighted by Crippen LogP contribution is 2.22. The van der Waals surface area contributed by atoms with Crippen molar-refractivity contribution in [2.45, 2.75) is 49.3 Å². The minimum absolute atomic E-state index is 0.0543. The SMILES string of the molecule is C=CC(O)C#CC#CC(O)CCOC1OC(CO)C(O)C(O)C1O. The van der Waals surface area contributed by atoms with Gasteiger partial charge in [0.2, 0.25) is 0 Å². The quantitative estimate of drug-likeness (QED) is 0.223. The van der Waals surface area contributed by atoms with Gasteiger partial charge >= 0.3 is 0 Å². The lowest BCUT2D eigenvalue weighted by atomic mass is 9.99. The molecule has 8 heteroatoms. The van der Waals surface area contributed by atoms with Crippen LogP contribution in [-0.4, -0.2) is 86.8 Å². The summed E-state index contributed by atoms with van der Waals surface area (Å²) in [4.78, 5) is 0. The predicted molar refractivity (Wildman–Crippen MR) is 82.1 cm³/mol. The van der Waals surface area contributed by atoms with Gasteiger partial charge in [-0.1, -0.05) is 24.5 Å². The largest absolute Gasteiger partial charge is 0.394 e. The van der Waals surface area contributed by atoms with Crippen LogP contribution in [0.5, 0.6) is 0 Å². The molecule has 0 aliphatic carbocycles. The molecule has 0 aromatic carbocycles. The molecule has 0 radical (unpaired) electrons. The Kier molecular flexibility index (Phi) is 8.93. The highest BCUT2D eigenvalue weighted by molar-refractivity contribution is 5.29. The predicted octanol–water partition coefficient (Wildman–Crippen LogP) is -2.89. The molecule has 8 nitrogen and oxygen atoms in total. The Hall–Kier alpha value is -1.46. The van der Waals surface area contributed by atoms with Crippen molar-refractivity contribution in [2.24, 2.45) is 0 Å². The van der Waals surface area contributed by atoms with E-state index in [1.165, 1.54) is 6.08 Å². The molecule has 1 rings (SSSR count). The maximum Gasteiger partial charge on any atom is 0.186 e. The minimum atomic E-state index is -1.52. The number of hydrogen-bond acceptors (Lipinski definition) is 8. The fourth-order valence-corrected chi connectivity index (χ4v) is 1.86. The normalized spacial score (nSPS) is 31.8. The summed E-state index contributed by atoms with van der Waals surface area (Å²) in [5, 5.41) is 56.7. The molecule has 1 saturated heterocycles. The molecule has 1 fully saturated rings. The summed E-state index contributed by atoms with van der Waals surface area (Å²) in [6.07, 6.45) is -7.48. The van der Waals surface area contributed by atoms with Crippen molar-refractivity contribution in [3.8, 4) is 23.7 Å². The fourth-order valence-electron chi connectivity index (χ4n) is 1.86. The second-order valence-corrected chi connectivity index (χ2v) is 5.09. The van der Waals surface area contributed by atoms with Crippen LogP contribution in [-0.2, 0) is 9.47 Å². The molecule has 0 bridgehead atoms. The molecule has 6 N–H and O–H groups in total. The van der Waals surface area contributed by atoms with Gasteiger partial charge in [0, 0.05) is 6.42 Å². The van der Waals surface area contributed by atoms with E-state index in [2.05, 4.69) is 30.3 Å². The van der Waals surface area contributed by atoms with E-state index in [9.17, 15) is 20.4 Å². The molecule has 134 valence electrons. The Morgan fingerprint density at radius 1 is 1.08 bits per heavy atom. The topological polar surface area (TPSA) is 140 Å². The highest BCUT2D eigenvalue weighted by atomic mass is 16.7. The van der Waals surface area contributed by atoms with E-state index >= 15 is 0 Å². The third kappa shape index (κ3) is 6.21. The van der Waals surface area contributed by atoms with Crippen molar-refractivity contribution >= 4 is 0 Å². The van der Waals surface area contributed by atoms with Gasteiger partial charge in [-0.15, -0.1) is 0 Å². The first-order chi connectivity index (χ1) is 11.4. The smallest absolute Gasteiger partial charge is 0.186 e. The summed E-state index contributed by atoms with van der Waals surface area (Å²) >= 11 is 0. The van der Waals surface area contributed by atoms with Crippen LogP contribution in [0.3, 0.4) is 0 Å². The van der Waals surface area contributed by atoms with E-state index in [0.29, 0.717) is 0 Å². The lowest BCUT2D eigenvalue weighted by Crippen LogP contribution is -2.59. The summed E-state index contributed by atoms with van der Waals surface area (Å²) < 4.78 is 10.3. The van der Waals surface area contributed by atoms with Crippen LogP contribution >= 0.6 is 0 Å². The van der Waals surface area contributed by atoms with Gasteiger partial charge in [-0.2, -0.15) is 0 Å². The zero-order valence-electron chi connectivity index (χ0n) is 12.9. The van der Waals surface area contributed by atoms with Crippen molar-refractivity contribution < 1.29 is 40.1 Å². The van der Waals surface area contributed by atoms with Crippen molar-refractivity contribution in [2.75, 3.05) is 13.2 Å². The summed E-state index contributed by atoms with van der Waals surface area (Å²) in [5.74, 6) is 9.50. The first kappa shape index (κ1) is 20.6. The molecule has 0 spiro atoms. The monoisotopic (exact) mass is 342 g/mol. The third-order valence-electron chi connectivity index (χ3n) is 3.27. The van der Waals surface area contributed by atoms with Crippen LogP contribution in [0.4, 0.5) is 0 Å². The van der Waals surface area contributed by atoms with Crippen molar-refractivity contribution in [3.63, 3.8) is 0 Å². The molecular formula is C16H22O8. The average Bonchev–Trinajstić information content (AvgIpc) is 2.58. The van der Waals surface area contributed by atoms with Crippen molar-refractivity contribution in [3.05, 3.63) is 12.7 Å². The van der Waals surface area contributed by atoms with Gasteiger partial charge in [0.15, 0.2) is 6.29 Å². The molecule has 1 aliphatic heterocycles. The van der Waals surface area contributed by atoms with Gasteiger partial charge in [-0.3, -0.25) is 0 Å². The van der Waals surface area contributed by atoms with Gasteiger partial charge in [-0.05, 0) is 11.8 Å². The molecular weight excluding hydrogens is 320 g/mol. The molecule has 1 heterocycles. The van der Waals surface area contributed by atoms with Crippen LogP contribution in [0.15, 0.2) is 12.7 Å². The van der Waals surface area contributed by atoms with Crippen molar-refractivity contribution in [1.29, 1.82) is 0 Å². The third-order valence-corrected chi connectivity index (χ3v) is 3.27. The van der Waals surface area contributed by atoms with Crippen LogP contribution in [0.25, 0.3) is 0 Å². The van der Waals surface area contributed by atoms with Gasteiger partial charge in [0.25, 0.3) is 0 Å². The van der Waals surface area contributed by atoms with E-state index in [1.54, 1.807) is 0 Å². The standard InChI is InChI=1S/C16H22O8/c1-2-10(18)5-3-4-6-11(19)7-8-23-16-15(22)14(21)13(20)12(9-17)24-16/h2,10-22H,1,7-9H2. The molecule has 0 aromatic heterocycles. The van der Waals surface area contributed by atoms with E-state index in [0.717, 1.165) is 0 Å². The second kappa shape index (κ2) is 10.4. The number of hydrogen-bond donors (Lipinski definition) is 6. The minimum Gasteiger partial charge on any atom is -0.394 e. The number of aliphatic hydroxyl groups excluding tert-OH is 6. The molecule has 0 aromatic rings. The van der Waals surface area contributed by atoms with Crippen LogP contribution < -0.4 is 0 Å². The summed E-state index contributed by atoms with van der Waals surface area (Å²) in [5.41, 5.74) is 0. The molecule has 0 amide bonds. The van der Waals surface area contributed by atoms with Crippen LogP contribution in [0, 0.1) is 23.7 Å². The Morgan fingerprint density at radius 3 is 2.38 bits per heavy atom. The Balaban J connectivity index is 2.41. The van der Waals surface area contributed by atoms with E-state index in [-0.39, 0.29) is 13.0 Å². The Bertz CT molecular complexity index is 512. The molecule has 24 heavy (non-hydrogen) atoms. The lowest BCUT2D eigenvalue weighted by Gasteiger charge is -2.39. The highest BCUT2D eigenvalue weighted by Gasteiger charge is 2.43. The van der Waals surface area contributed by atoms with Gasteiger partial charge in [-0.25, -0.2) is 0 Å². The summed E-state index contributed by atoms with van der Waals surface area (Å²) in [6.45, 7) is 2.74.